The zero-order valence-corrected chi connectivity index (χ0v) is 11.9. The summed E-state index contributed by atoms with van der Waals surface area (Å²) in [6.07, 6.45) is 7.95. The van der Waals surface area contributed by atoms with Gasteiger partial charge in [-0.15, -0.1) is 0 Å². The molecule has 0 spiro atoms. The fourth-order valence-electron chi connectivity index (χ4n) is 3.70. The number of aromatic nitrogens is 2. The molecule has 0 bridgehead atoms. The molecule has 2 aliphatic heterocycles. The van der Waals surface area contributed by atoms with Crippen LogP contribution in [-0.2, 0) is 6.42 Å². The zero-order chi connectivity index (χ0) is 13.2. The molecule has 1 saturated heterocycles. The van der Waals surface area contributed by atoms with Gasteiger partial charge in [-0.2, -0.15) is 0 Å². The number of piperidine rings is 1. The van der Waals surface area contributed by atoms with Gasteiger partial charge in [-0.3, -0.25) is 0 Å². The summed E-state index contributed by atoms with van der Waals surface area (Å²) in [5.41, 5.74) is 1.33. The fourth-order valence-corrected chi connectivity index (χ4v) is 3.70. The second-order valence-corrected chi connectivity index (χ2v) is 5.94. The monoisotopic (exact) mass is 263 g/mol. The predicted molar refractivity (Wildman–Crippen MR) is 75.4 cm³/mol. The molecular weight excluding hydrogens is 238 g/mol. The Morgan fingerprint density at radius 3 is 3.05 bits per heavy atom. The fraction of sp³-hybridized carbons (Fsp3) is 0.800. The van der Waals surface area contributed by atoms with E-state index in [4.69, 9.17) is 4.98 Å². The third-order valence-electron chi connectivity index (χ3n) is 4.77. The average molecular weight is 263 g/mol. The number of likely N-dealkylation sites (N-methyl/N-ethyl adjacent to an activating group) is 1. The van der Waals surface area contributed by atoms with Crippen molar-refractivity contribution < 1.29 is 5.11 Å². The molecule has 2 aliphatic rings. The number of hydrogen-bond acceptors (Lipinski definition) is 3. The number of rotatable bonds is 3. The Labute approximate surface area is 115 Å². The van der Waals surface area contributed by atoms with E-state index in [9.17, 15) is 5.11 Å². The highest BCUT2D eigenvalue weighted by Gasteiger charge is 2.29. The van der Waals surface area contributed by atoms with Gasteiger partial charge in [0.05, 0.1) is 12.6 Å². The Kier molecular flexibility index (Phi) is 3.89. The van der Waals surface area contributed by atoms with Crippen molar-refractivity contribution in [1.82, 2.24) is 14.5 Å². The molecule has 1 aromatic rings. The predicted octanol–water partition coefficient (Wildman–Crippen LogP) is 1.95. The molecule has 4 nitrogen and oxygen atoms in total. The molecule has 2 unspecified atom stereocenters. The molecule has 0 saturated carbocycles. The van der Waals surface area contributed by atoms with E-state index < -0.39 is 0 Å². The molecule has 0 aromatic carbocycles. The molecule has 3 rings (SSSR count). The number of nitrogens with zero attached hydrogens (tertiary/aromatic N) is 3. The van der Waals surface area contributed by atoms with Gasteiger partial charge in [-0.05, 0) is 45.2 Å². The van der Waals surface area contributed by atoms with Crippen molar-refractivity contribution in [3.05, 3.63) is 17.7 Å². The summed E-state index contributed by atoms with van der Waals surface area (Å²) in [6, 6.07) is 0.262. The van der Waals surface area contributed by atoms with Crippen LogP contribution in [0.25, 0.3) is 0 Å². The van der Waals surface area contributed by atoms with Crippen molar-refractivity contribution in [1.29, 1.82) is 0 Å². The van der Waals surface area contributed by atoms with Gasteiger partial charge in [0.25, 0.3) is 0 Å². The number of imidazole rings is 1. The first-order valence-corrected chi connectivity index (χ1v) is 7.72. The SMILES string of the molecule is CCN1CCCC(c2ncc3n2C(CO)CCC3)C1. The lowest BCUT2D eigenvalue weighted by Gasteiger charge is -2.34. The van der Waals surface area contributed by atoms with Crippen molar-refractivity contribution in [3.63, 3.8) is 0 Å². The van der Waals surface area contributed by atoms with Crippen LogP contribution >= 0.6 is 0 Å². The Morgan fingerprint density at radius 1 is 1.37 bits per heavy atom. The molecule has 1 aromatic heterocycles. The standard InChI is InChI=1S/C15H25N3O/c1-2-17-8-4-5-12(10-17)15-16-9-13-6-3-7-14(11-19)18(13)15/h9,12,14,19H,2-8,10-11H2,1H3. The third kappa shape index (κ3) is 2.43. The van der Waals surface area contributed by atoms with Crippen LogP contribution in [0, 0.1) is 0 Å². The summed E-state index contributed by atoms with van der Waals surface area (Å²) < 4.78 is 2.35. The van der Waals surface area contributed by atoms with Crippen molar-refractivity contribution in [2.75, 3.05) is 26.2 Å². The van der Waals surface area contributed by atoms with E-state index in [2.05, 4.69) is 16.4 Å². The van der Waals surface area contributed by atoms with Gasteiger partial charge in [0.1, 0.15) is 5.82 Å². The van der Waals surface area contributed by atoms with E-state index in [0.29, 0.717) is 5.92 Å². The summed E-state index contributed by atoms with van der Waals surface area (Å²) in [4.78, 5) is 7.23. The molecule has 2 atom stereocenters. The number of hydrogen-bond donors (Lipinski definition) is 1. The second-order valence-electron chi connectivity index (χ2n) is 5.94. The van der Waals surface area contributed by atoms with E-state index in [1.807, 2.05) is 6.20 Å². The number of likely N-dealkylation sites (tertiary alicyclic amines) is 1. The average Bonchev–Trinajstić information content (AvgIpc) is 2.91. The maximum atomic E-state index is 9.62. The molecule has 106 valence electrons. The molecule has 19 heavy (non-hydrogen) atoms. The minimum atomic E-state index is 0.251. The zero-order valence-electron chi connectivity index (χ0n) is 11.9. The van der Waals surface area contributed by atoms with Crippen LogP contribution < -0.4 is 0 Å². The van der Waals surface area contributed by atoms with Gasteiger partial charge >= 0.3 is 0 Å². The highest BCUT2D eigenvalue weighted by atomic mass is 16.3. The number of aliphatic hydroxyl groups excluding tert-OH is 1. The highest BCUT2D eigenvalue weighted by molar-refractivity contribution is 5.14. The molecule has 4 heteroatoms. The Hall–Kier alpha value is -0.870. The lowest BCUT2D eigenvalue weighted by atomic mass is 9.95. The van der Waals surface area contributed by atoms with Crippen LogP contribution in [-0.4, -0.2) is 45.8 Å². The van der Waals surface area contributed by atoms with Crippen molar-refractivity contribution >= 4 is 0 Å². The first kappa shape index (κ1) is 13.1. The maximum absolute atomic E-state index is 9.62. The van der Waals surface area contributed by atoms with Crippen LogP contribution in [0.4, 0.5) is 0 Å². The molecule has 1 fully saturated rings. The van der Waals surface area contributed by atoms with E-state index in [1.165, 1.54) is 37.3 Å². The summed E-state index contributed by atoms with van der Waals surface area (Å²) in [5, 5.41) is 9.62. The van der Waals surface area contributed by atoms with Crippen molar-refractivity contribution in [2.24, 2.45) is 0 Å². The summed E-state index contributed by atoms with van der Waals surface area (Å²) in [6.45, 7) is 5.98. The Balaban J connectivity index is 1.86. The van der Waals surface area contributed by atoms with Gasteiger partial charge in [-0.1, -0.05) is 6.92 Å². The molecule has 0 amide bonds. The summed E-state index contributed by atoms with van der Waals surface area (Å²) >= 11 is 0. The van der Waals surface area contributed by atoms with Crippen LogP contribution in [0.1, 0.15) is 56.1 Å². The number of aryl methyl sites for hydroxylation is 1. The largest absolute Gasteiger partial charge is 0.394 e. The van der Waals surface area contributed by atoms with E-state index in [0.717, 1.165) is 25.9 Å². The lowest BCUT2D eigenvalue weighted by Crippen LogP contribution is -2.36. The number of aliphatic hydroxyl groups is 1. The van der Waals surface area contributed by atoms with Gasteiger partial charge in [0.15, 0.2) is 0 Å². The lowest BCUT2D eigenvalue weighted by molar-refractivity contribution is 0.186. The van der Waals surface area contributed by atoms with Crippen LogP contribution in [0.5, 0.6) is 0 Å². The minimum absolute atomic E-state index is 0.251. The third-order valence-corrected chi connectivity index (χ3v) is 4.77. The first-order valence-electron chi connectivity index (χ1n) is 7.72. The van der Waals surface area contributed by atoms with E-state index >= 15 is 0 Å². The van der Waals surface area contributed by atoms with Crippen LogP contribution in [0.2, 0.25) is 0 Å². The molecule has 1 N–H and O–H groups in total. The highest BCUT2D eigenvalue weighted by Crippen LogP contribution is 2.33. The summed E-state index contributed by atoms with van der Waals surface area (Å²) in [5.74, 6) is 1.78. The van der Waals surface area contributed by atoms with E-state index in [-0.39, 0.29) is 12.6 Å². The second kappa shape index (κ2) is 5.63. The first-order chi connectivity index (χ1) is 9.33. The smallest absolute Gasteiger partial charge is 0.113 e. The normalized spacial score (nSPS) is 28.3. The number of fused-ring (bicyclic) bond motifs is 1. The van der Waals surface area contributed by atoms with Crippen LogP contribution in [0.15, 0.2) is 6.20 Å². The molecule has 0 radical (unpaired) electrons. The van der Waals surface area contributed by atoms with Crippen molar-refractivity contribution in [3.8, 4) is 0 Å². The van der Waals surface area contributed by atoms with Gasteiger partial charge < -0.3 is 14.6 Å². The van der Waals surface area contributed by atoms with Crippen molar-refractivity contribution in [2.45, 2.75) is 51.0 Å². The van der Waals surface area contributed by atoms with Gasteiger partial charge in [-0.25, -0.2) is 4.98 Å². The topological polar surface area (TPSA) is 41.3 Å². The Morgan fingerprint density at radius 2 is 2.26 bits per heavy atom. The molecule has 0 aliphatic carbocycles. The Bertz CT molecular complexity index is 429. The van der Waals surface area contributed by atoms with Gasteiger partial charge in [0.2, 0.25) is 0 Å². The quantitative estimate of drug-likeness (QED) is 0.906. The minimum Gasteiger partial charge on any atom is -0.394 e. The molecular formula is C15H25N3O. The maximum Gasteiger partial charge on any atom is 0.113 e. The van der Waals surface area contributed by atoms with Gasteiger partial charge in [0, 0.05) is 24.4 Å². The van der Waals surface area contributed by atoms with Crippen LogP contribution in [0.3, 0.4) is 0 Å². The molecule has 3 heterocycles. The summed E-state index contributed by atoms with van der Waals surface area (Å²) in [7, 11) is 0. The van der Waals surface area contributed by atoms with E-state index in [1.54, 1.807) is 0 Å².